The zero-order valence-electron chi connectivity index (χ0n) is 11.2. The molecule has 0 aliphatic carbocycles. The van der Waals surface area contributed by atoms with Gasteiger partial charge in [-0.15, -0.1) is 11.8 Å². The van der Waals surface area contributed by atoms with Crippen LogP contribution in [0.25, 0.3) is 0 Å². The molecule has 20 heavy (non-hydrogen) atoms. The lowest BCUT2D eigenvalue weighted by atomic mass is 10.0. The summed E-state index contributed by atoms with van der Waals surface area (Å²) < 4.78 is 24.6. The molecule has 0 saturated carbocycles. The van der Waals surface area contributed by atoms with Gasteiger partial charge in [-0.1, -0.05) is 37.3 Å². The van der Waals surface area contributed by atoms with Crippen molar-refractivity contribution in [1.29, 1.82) is 0 Å². The van der Waals surface area contributed by atoms with Crippen molar-refractivity contribution < 1.29 is 8.42 Å². The molecule has 0 radical (unpaired) electrons. The fraction of sp³-hybridized carbons (Fsp3) is 0.250. The van der Waals surface area contributed by atoms with E-state index in [-0.39, 0.29) is 11.0 Å². The monoisotopic (exact) mass is 304 g/mol. The van der Waals surface area contributed by atoms with Crippen LogP contribution >= 0.6 is 11.8 Å². The SMILES string of the molecule is CCc1cccc2c1C(Sc1ccccc1)CS2(=O)=O. The van der Waals surface area contributed by atoms with E-state index in [1.54, 1.807) is 17.8 Å². The summed E-state index contributed by atoms with van der Waals surface area (Å²) >= 11 is 1.65. The lowest BCUT2D eigenvalue weighted by molar-refractivity contribution is 0.600. The maximum atomic E-state index is 12.3. The number of hydrogen-bond donors (Lipinski definition) is 0. The van der Waals surface area contributed by atoms with Gasteiger partial charge in [0.05, 0.1) is 15.9 Å². The van der Waals surface area contributed by atoms with E-state index >= 15 is 0 Å². The van der Waals surface area contributed by atoms with E-state index in [4.69, 9.17) is 0 Å². The van der Waals surface area contributed by atoms with Crippen molar-refractivity contribution in [3.63, 3.8) is 0 Å². The average Bonchev–Trinajstić information content (AvgIpc) is 2.71. The van der Waals surface area contributed by atoms with Crippen molar-refractivity contribution in [3.05, 3.63) is 59.7 Å². The second-order valence-electron chi connectivity index (χ2n) is 4.88. The Morgan fingerprint density at radius 1 is 1.10 bits per heavy atom. The molecule has 1 unspecified atom stereocenters. The van der Waals surface area contributed by atoms with Crippen molar-refractivity contribution in [3.8, 4) is 0 Å². The molecule has 1 atom stereocenters. The summed E-state index contributed by atoms with van der Waals surface area (Å²) in [6.07, 6.45) is 0.866. The van der Waals surface area contributed by atoms with E-state index in [1.165, 1.54) is 0 Å². The van der Waals surface area contributed by atoms with Gasteiger partial charge in [0.2, 0.25) is 0 Å². The highest BCUT2D eigenvalue weighted by molar-refractivity contribution is 8.01. The molecule has 1 aliphatic rings. The highest BCUT2D eigenvalue weighted by Crippen LogP contribution is 2.46. The van der Waals surface area contributed by atoms with Crippen LogP contribution in [0.1, 0.15) is 23.3 Å². The Balaban J connectivity index is 2.05. The molecule has 2 nitrogen and oxygen atoms in total. The van der Waals surface area contributed by atoms with E-state index in [9.17, 15) is 8.42 Å². The standard InChI is InChI=1S/C16H16O2S2/c1-2-12-7-6-10-15-16(12)14(11-20(15,17)18)19-13-8-4-3-5-9-13/h3-10,14H,2,11H2,1H3. The maximum Gasteiger partial charge on any atom is 0.180 e. The first-order chi connectivity index (χ1) is 9.62. The molecule has 2 aromatic rings. The first-order valence-corrected chi connectivity index (χ1v) is 9.21. The molecule has 1 aliphatic heterocycles. The van der Waals surface area contributed by atoms with E-state index < -0.39 is 9.84 Å². The molecule has 0 N–H and O–H groups in total. The Labute approximate surface area is 124 Å². The Morgan fingerprint density at radius 2 is 1.85 bits per heavy atom. The number of aryl methyl sites for hydroxylation is 1. The number of thioether (sulfide) groups is 1. The fourth-order valence-electron chi connectivity index (χ4n) is 2.66. The number of rotatable bonds is 3. The third-order valence-corrected chi connectivity index (χ3v) is 6.83. The van der Waals surface area contributed by atoms with Crippen LogP contribution in [0.5, 0.6) is 0 Å². The minimum atomic E-state index is -3.13. The highest BCUT2D eigenvalue weighted by Gasteiger charge is 2.36. The highest BCUT2D eigenvalue weighted by atomic mass is 32.2. The van der Waals surface area contributed by atoms with Gasteiger partial charge in [-0.2, -0.15) is 0 Å². The minimum absolute atomic E-state index is 0.00792. The molecule has 0 amide bonds. The first-order valence-electron chi connectivity index (χ1n) is 6.68. The molecule has 4 heteroatoms. The summed E-state index contributed by atoms with van der Waals surface area (Å²) in [5, 5.41) is 0.00792. The fourth-order valence-corrected chi connectivity index (χ4v) is 6.23. The van der Waals surface area contributed by atoms with Gasteiger partial charge >= 0.3 is 0 Å². The largest absolute Gasteiger partial charge is 0.224 e. The van der Waals surface area contributed by atoms with Crippen LogP contribution in [0.3, 0.4) is 0 Å². The van der Waals surface area contributed by atoms with E-state index in [0.29, 0.717) is 4.90 Å². The number of sulfone groups is 1. The Kier molecular flexibility index (Phi) is 3.61. The number of hydrogen-bond acceptors (Lipinski definition) is 3. The number of fused-ring (bicyclic) bond motifs is 1. The minimum Gasteiger partial charge on any atom is -0.224 e. The van der Waals surface area contributed by atoms with Gasteiger partial charge in [0, 0.05) is 4.90 Å². The molecule has 2 aromatic carbocycles. The van der Waals surface area contributed by atoms with Gasteiger partial charge in [-0.3, -0.25) is 0 Å². The van der Waals surface area contributed by atoms with Gasteiger partial charge < -0.3 is 0 Å². The van der Waals surface area contributed by atoms with E-state index in [0.717, 1.165) is 22.4 Å². The predicted molar refractivity (Wildman–Crippen MR) is 82.9 cm³/mol. The Bertz CT molecular complexity index is 721. The molecule has 0 spiro atoms. The summed E-state index contributed by atoms with van der Waals surface area (Å²) in [7, 11) is -3.13. The summed E-state index contributed by atoms with van der Waals surface area (Å²) in [6, 6.07) is 15.6. The maximum absolute atomic E-state index is 12.3. The molecular formula is C16H16O2S2. The van der Waals surface area contributed by atoms with Crippen molar-refractivity contribution in [1.82, 2.24) is 0 Å². The van der Waals surface area contributed by atoms with Crippen molar-refractivity contribution in [2.45, 2.75) is 28.4 Å². The Hall–Kier alpha value is -1.26. The van der Waals surface area contributed by atoms with Crippen LogP contribution < -0.4 is 0 Å². The molecule has 0 fully saturated rings. The van der Waals surface area contributed by atoms with Crippen LogP contribution in [-0.4, -0.2) is 14.2 Å². The summed E-state index contributed by atoms with van der Waals surface area (Å²) in [5.41, 5.74) is 2.17. The van der Waals surface area contributed by atoms with Crippen LogP contribution in [0.4, 0.5) is 0 Å². The van der Waals surface area contributed by atoms with Crippen LogP contribution in [-0.2, 0) is 16.3 Å². The first kappa shape index (κ1) is 13.7. The summed E-state index contributed by atoms with van der Waals surface area (Å²) in [5.74, 6) is 0.207. The van der Waals surface area contributed by atoms with Gasteiger partial charge in [0.15, 0.2) is 9.84 Å². The number of benzene rings is 2. The second kappa shape index (κ2) is 5.26. The second-order valence-corrected chi connectivity index (χ2v) is 8.16. The van der Waals surface area contributed by atoms with Gasteiger partial charge in [-0.05, 0) is 35.7 Å². The lowest BCUT2D eigenvalue weighted by Gasteiger charge is -2.13. The summed E-state index contributed by atoms with van der Waals surface area (Å²) in [4.78, 5) is 1.65. The van der Waals surface area contributed by atoms with Crippen LogP contribution in [0.15, 0.2) is 58.3 Å². The van der Waals surface area contributed by atoms with Gasteiger partial charge in [0.25, 0.3) is 0 Å². The average molecular weight is 304 g/mol. The molecule has 0 bridgehead atoms. The molecule has 3 rings (SSSR count). The summed E-state index contributed by atoms with van der Waals surface area (Å²) in [6.45, 7) is 2.07. The lowest BCUT2D eigenvalue weighted by Crippen LogP contribution is -2.01. The topological polar surface area (TPSA) is 34.1 Å². The van der Waals surface area contributed by atoms with E-state index in [2.05, 4.69) is 6.92 Å². The van der Waals surface area contributed by atoms with Crippen molar-refractivity contribution in [2.75, 3.05) is 5.75 Å². The predicted octanol–water partition coefficient (Wildman–Crippen LogP) is 3.87. The van der Waals surface area contributed by atoms with Crippen molar-refractivity contribution >= 4 is 21.6 Å². The third kappa shape index (κ3) is 2.38. The normalized spacial score (nSPS) is 19.8. The van der Waals surface area contributed by atoms with Crippen LogP contribution in [0.2, 0.25) is 0 Å². The third-order valence-electron chi connectivity index (χ3n) is 3.59. The Morgan fingerprint density at radius 3 is 2.55 bits per heavy atom. The molecule has 1 heterocycles. The molecule has 104 valence electrons. The van der Waals surface area contributed by atoms with E-state index in [1.807, 2.05) is 42.5 Å². The van der Waals surface area contributed by atoms with Gasteiger partial charge in [-0.25, -0.2) is 8.42 Å². The van der Waals surface area contributed by atoms with Gasteiger partial charge in [0.1, 0.15) is 0 Å². The quantitative estimate of drug-likeness (QED) is 0.863. The smallest absolute Gasteiger partial charge is 0.180 e. The molecule has 0 aromatic heterocycles. The molecule has 0 saturated heterocycles. The van der Waals surface area contributed by atoms with Crippen LogP contribution in [0, 0.1) is 0 Å². The zero-order valence-corrected chi connectivity index (χ0v) is 12.9. The van der Waals surface area contributed by atoms with Crippen molar-refractivity contribution in [2.24, 2.45) is 0 Å². The zero-order chi connectivity index (χ0) is 14.2. The molecular weight excluding hydrogens is 288 g/mol.